The van der Waals surface area contributed by atoms with Crippen molar-refractivity contribution in [1.29, 1.82) is 0 Å². The first-order valence-electron chi connectivity index (χ1n) is 8.61. The van der Waals surface area contributed by atoms with E-state index >= 15 is 0 Å². The Hall–Kier alpha value is -2.31. The van der Waals surface area contributed by atoms with Crippen molar-refractivity contribution in [3.63, 3.8) is 0 Å². The summed E-state index contributed by atoms with van der Waals surface area (Å²) in [5, 5.41) is 4.00. The molecule has 0 aliphatic rings. The third kappa shape index (κ3) is 5.89. The topological polar surface area (TPSA) is 55.4 Å². The fraction of sp³-hybridized carbons (Fsp3) is 0.350. The van der Waals surface area contributed by atoms with E-state index in [0.717, 1.165) is 18.5 Å². The molecule has 26 heavy (non-hydrogen) atoms. The number of nitrogens with two attached hydrogens (primary N) is 1. The number of nitrogens with zero attached hydrogens (tertiary/aromatic N) is 1. The van der Waals surface area contributed by atoms with Crippen LogP contribution in [-0.4, -0.2) is 44.7 Å². The van der Waals surface area contributed by atoms with Crippen LogP contribution in [-0.2, 0) is 17.8 Å². The smallest absolute Gasteiger partial charge is 0.278 e. The molecule has 0 spiro atoms. The van der Waals surface area contributed by atoms with Crippen LogP contribution >= 0.6 is 11.3 Å². The van der Waals surface area contributed by atoms with Crippen molar-refractivity contribution in [3.8, 4) is 11.5 Å². The van der Waals surface area contributed by atoms with Crippen molar-refractivity contribution in [2.24, 2.45) is 0 Å². The predicted molar refractivity (Wildman–Crippen MR) is 105 cm³/mol. The Balaban J connectivity index is 2.03. The molecule has 140 valence electrons. The van der Waals surface area contributed by atoms with Crippen molar-refractivity contribution >= 4 is 17.2 Å². The zero-order valence-electron chi connectivity index (χ0n) is 15.4. The SMILES string of the molecule is C=CC[NH2+]CC(=O)N(CCc1ccc(OC)c(OC)c1)Cc1cccs1. The fourth-order valence-corrected chi connectivity index (χ4v) is 3.36. The lowest BCUT2D eigenvalue weighted by Gasteiger charge is -2.21. The first-order chi connectivity index (χ1) is 12.7. The normalized spacial score (nSPS) is 10.4. The van der Waals surface area contributed by atoms with E-state index < -0.39 is 0 Å². The molecule has 0 saturated carbocycles. The van der Waals surface area contributed by atoms with Crippen LogP contribution in [0.1, 0.15) is 10.4 Å². The second-order valence-electron chi connectivity index (χ2n) is 5.85. The van der Waals surface area contributed by atoms with Gasteiger partial charge in [-0.1, -0.05) is 18.7 Å². The number of methoxy groups -OCH3 is 2. The van der Waals surface area contributed by atoms with Crippen LogP contribution in [0, 0.1) is 0 Å². The zero-order chi connectivity index (χ0) is 18.8. The van der Waals surface area contributed by atoms with Gasteiger partial charge in [0, 0.05) is 11.4 Å². The van der Waals surface area contributed by atoms with Crippen molar-refractivity contribution in [3.05, 3.63) is 58.8 Å². The molecule has 2 aromatic rings. The Morgan fingerprint density at radius 3 is 2.73 bits per heavy atom. The Bertz CT molecular complexity index is 701. The van der Waals surface area contributed by atoms with E-state index in [-0.39, 0.29) is 5.91 Å². The molecule has 1 aromatic carbocycles. The Labute approximate surface area is 159 Å². The highest BCUT2D eigenvalue weighted by atomic mass is 32.1. The number of hydrogen-bond donors (Lipinski definition) is 1. The summed E-state index contributed by atoms with van der Waals surface area (Å²) in [6.07, 6.45) is 2.57. The maximum absolute atomic E-state index is 12.6. The number of ether oxygens (including phenoxy) is 2. The first kappa shape index (κ1) is 20.0. The van der Waals surface area contributed by atoms with Gasteiger partial charge in [0.2, 0.25) is 0 Å². The molecule has 0 bridgehead atoms. The third-order valence-corrected chi connectivity index (χ3v) is 4.91. The van der Waals surface area contributed by atoms with Crippen molar-refractivity contribution in [1.82, 2.24) is 4.90 Å². The van der Waals surface area contributed by atoms with Crippen LogP contribution in [0.3, 0.4) is 0 Å². The summed E-state index contributed by atoms with van der Waals surface area (Å²) in [6.45, 7) is 6.18. The van der Waals surface area contributed by atoms with Gasteiger partial charge in [0.05, 0.1) is 27.3 Å². The first-order valence-corrected chi connectivity index (χ1v) is 9.49. The summed E-state index contributed by atoms with van der Waals surface area (Å²) in [4.78, 5) is 15.7. The summed E-state index contributed by atoms with van der Waals surface area (Å²) in [5.74, 6) is 1.56. The van der Waals surface area contributed by atoms with E-state index in [2.05, 4.69) is 12.6 Å². The standard InChI is InChI=1S/C20H26N2O3S/c1-4-10-21-14-20(23)22(15-17-6-5-12-26-17)11-9-16-7-8-18(24-2)19(13-16)25-3/h4-8,12-13,21H,1,9-11,14-15H2,2-3H3/p+1. The maximum Gasteiger partial charge on any atom is 0.278 e. The summed E-state index contributed by atoms with van der Waals surface area (Å²) in [6, 6.07) is 9.96. The molecule has 0 aliphatic carbocycles. The molecule has 0 aliphatic heterocycles. The molecule has 1 amide bonds. The van der Waals surface area contributed by atoms with Crippen LogP contribution in [0.5, 0.6) is 11.5 Å². The molecular weight excluding hydrogens is 348 g/mol. The highest BCUT2D eigenvalue weighted by Crippen LogP contribution is 2.27. The van der Waals surface area contributed by atoms with Crippen molar-refractivity contribution in [2.75, 3.05) is 33.9 Å². The summed E-state index contributed by atoms with van der Waals surface area (Å²) >= 11 is 1.67. The molecule has 2 N–H and O–H groups in total. The van der Waals surface area contributed by atoms with Crippen LogP contribution in [0.15, 0.2) is 48.4 Å². The van der Waals surface area contributed by atoms with Gasteiger partial charge in [0.15, 0.2) is 18.0 Å². The number of thiophene rings is 1. The summed E-state index contributed by atoms with van der Waals surface area (Å²) in [5.41, 5.74) is 1.11. The zero-order valence-corrected chi connectivity index (χ0v) is 16.3. The largest absolute Gasteiger partial charge is 0.493 e. The lowest BCUT2D eigenvalue weighted by atomic mass is 10.1. The highest BCUT2D eigenvalue weighted by Gasteiger charge is 2.16. The molecule has 6 heteroatoms. The Kier molecular flexibility index (Phi) is 8.18. The van der Waals surface area contributed by atoms with E-state index in [4.69, 9.17) is 9.47 Å². The number of benzene rings is 1. The van der Waals surface area contributed by atoms with E-state index in [9.17, 15) is 4.79 Å². The second kappa shape index (κ2) is 10.6. The van der Waals surface area contributed by atoms with Gasteiger partial charge in [-0.25, -0.2) is 0 Å². The lowest BCUT2D eigenvalue weighted by molar-refractivity contribution is -0.635. The quantitative estimate of drug-likeness (QED) is 0.483. The van der Waals surface area contributed by atoms with Crippen LogP contribution in [0.2, 0.25) is 0 Å². The minimum atomic E-state index is 0.140. The molecule has 0 radical (unpaired) electrons. The molecule has 5 nitrogen and oxygen atoms in total. The summed E-state index contributed by atoms with van der Waals surface area (Å²) < 4.78 is 10.6. The van der Waals surface area contributed by atoms with Crippen molar-refractivity contribution < 1.29 is 19.6 Å². The lowest BCUT2D eigenvalue weighted by Crippen LogP contribution is -2.86. The Morgan fingerprint density at radius 2 is 2.08 bits per heavy atom. The van der Waals surface area contributed by atoms with Gasteiger partial charge in [-0.05, 0) is 41.6 Å². The van der Waals surface area contributed by atoms with Gasteiger partial charge in [-0.2, -0.15) is 0 Å². The second-order valence-corrected chi connectivity index (χ2v) is 6.88. The molecular formula is C20H27N2O3S+. The van der Waals surface area contributed by atoms with E-state index in [1.54, 1.807) is 31.6 Å². The number of hydrogen-bond acceptors (Lipinski definition) is 4. The minimum absolute atomic E-state index is 0.140. The number of carbonyl (C=O) groups excluding carboxylic acids is 1. The van der Waals surface area contributed by atoms with Crippen molar-refractivity contribution in [2.45, 2.75) is 13.0 Å². The van der Waals surface area contributed by atoms with Gasteiger partial charge >= 0.3 is 0 Å². The van der Waals surface area contributed by atoms with Crippen LogP contribution in [0.4, 0.5) is 0 Å². The number of carbonyl (C=O) groups is 1. The van der Waals surface area contributed by atoms with E-state index in [1.807, 2.05) is 39.9 Å². The average molecular weight is 376 g/mol. The summed E-state index contributed by atoms with van der Waals surface area (Å²) in [7, 11) is 3.25. The van der Waals surface area contributed by atoms with Gasteiger partial charge < -0.3 is 19.7 Å². The van der Waals surface area contributed by atoms with Crippen LogP contribution < -0.4 is 14.8 Å². The van der Waals surface area contributed by atoms with Gasteiger partial charge in [-0.15, -0.1) is 11.3 Å². The number of rotatable bonds is 11. The van der Waals surface area contributed by atoms with Gasteiger partial charge in [0.1, 0.15) is 0 Å². The fourth-order valence-electron chi connectivity index (χ4n) is 2.64. The molecule has 2 rings (SSSR count). The highest BCUT2D eigenvalue weighted by molar-refractivity contribution is 7.09. The van der Waals surface area contributed by atoms with E-state index in [0.29, 0.717) is 31.1 Å². The van der Waals surface area contributed by atoms with E-state index in [1.165, 1.54) is 4.88 Å². The third-order valence-electron chi connectivity index (χ3n) is 4.05. The maximum atomic E-state index is 12.6. The molecule has 0 saturated heterocycles. The number of quaternary nitrogens is 1. The molecule has 0 fully saturated rings. The molecule has 1 aromatic heterocycles. The molecule has 0 atom stereocenters. The van der Waals surface area contributed by atoms with Gasteiger partial charge in [-0.3, -0.25) is 4.79 Å². The van der Waals surface area contributed by atoms with Crippen LogP contribution in [0.25, 0.3) is 0 Å². The Morgan fingerprint density at radius 1 is 1.27 bits per heavy atom. The molecule has 1 heterocycles. The predicted octanol–water partition coefficient (Wildman–Crippen LogP) is 2.09. The molecule has 0 unspecified atom stereocenters. The minimum Gasteiger partial charge on any atom is -0.493 e. The average Bonchev–Trinajstić information content (AvgIpc) is 3.18. The number of amides is 1. The monoisotopic (exact) mass is 375 g/mol. The van der Waals surface area contributed by atoms with Gasteiger partial charge in [0.25, 0.3) is 5.91 Å².